The first-order valence-electron chi connectivity index (χ1n) is 13.2. The fourth-order valence-corrected chi connectivity index (χ4v) is 6.13. The van der Waals surface area contributed by atoms with Crippen molar-refractivity contribution in [1.82, 2.24) is 4.90 Å². The first kappa shape index (κ1) is 27.5. The van der Waals surface area contributed by atoms with Crippen LogP contribution in [0.4, 0.5) is 4.39 Å². The number of halogens is 1. The van der Waals surface area contributed by atoms with Gasteiger partial charge in [0.1, 0.15) is 24.2 Å². The minimum Gasteiger partial charge on any atom is -0.505 e. The molecular formula is C31H34FNO5S. The molecule has 206 valence electrons. The number of hydrogen-bond acceptors (Lipinski definition) is 7. The highest BCUT2D eigenvalue weighted by molar-refractivity contribution is 7.94. The van der Waals surface area contributed by atoms with Crippen molar-refractivity contribution in [3.05, 3.63) is 83.2 Å². The summed E-state index contributed by atoms with van der Waals surface area (Å²) in [6, 6.07) is 19.4. The van der Waals surface area contributed by atoms with Gasteiger partial charge in [0.2, 0.25) is 0 Å². The standard InChI is InChI=1S/C31H34FNO5S/c1-19-8-7-17-33(19)20(2)18-36-23-13-11-22(12-14-23)31-28(24-9-5-6-10-27(24)39-38-35-4)21(3)29-26(37-31)16-15-25(34)30(29)32/h5-6,9-16,19-20,31,34H,7-8,17-18H2,1-4H3. The van der Waals surface area contributed by atoms with Gasteiger partial charge in [0.15, 0.2) is 11.6 Å². The molecule has 3 aromatic carbocycles. The largest absolute Gasteiger partial charge is 0.505 e. The molecule has 1 saturated heterocycles. The second-order valence-corrected chi connectivity index (χ2v) is 10.8. The lowest BCUT2D eigenvalue weighted by molar-refractivity contribution is -0.160. The number of rotatable bonds is 9. The molecule has 2 heterocycles. The van der Waals surface area contributed by atoms with Crippen LogP contribution in [0.15, 0.2) is 65.6 Å². The van der Waals surface area contributed by atoms with Crippen molar-refractivity contribution in [2.75, 3.05) is 20.3 Å². The number of fused-ring (bicyclic) bond motifs is 1. The van der Waals surface area contributed by atoms with Gasteiger partial charge in [-0.1, -0.05) is 30.3 Å². The monoisotopic (exact) mass is 551 g/mol. The molecule has 0 aliphatic carbocycles. The van der Waals surface area contributed by atoms with E-state index in [4.69, 9.17) is 18.7 Å². The van der Waals surface area contributed by atoms with Crippen molar-refractivity contribution in [3.63, 3.8) is 0 Å². The molecular weight excluding hydrogens is 517 g/mol. The second kappa shape index (κ2) is 12.0. The number of nitrogens with zero attached hydrogens (tertiary/aromatic N) is 1. The predicted octanol–water partition coefficient (Wildman–Crippen LogP) is 7.43. The summed E-state index contributed by atoms with van der Waals surface area (Å²) in [5.41, 5.74) is 3.42. The van der Waals surface area contributed by atoms with E-state index < -0.39 is 17.7 Å². The van der Waals surface area contributed by atoms with Gasteiger partial charge in [0.25, 0.3) is 0 Å². The van der Waals surface area contributed by atoms with E-state index in [0.717, 1.165) is 45.9 Å². The zero-order chi connectivity index (χ0) is 27.5. The van der Waals surface area contributed by atoms with Gasteiger partial charge in [-0.2, -0.15) is 4.33 Å². The van der Waals surface area contributed by atoms with Gasteiger partial charge in [-0.15, -0.1) is 0 Å². The van der Waals surface area contributed by atoms with Gasteiger partial charge in [-0.25, -0.2) is 9.28 Å². The third kappa shape index (κ3) is 5.65. The summed E-state index contributed by atoms with van der Waals surface area (Å²) < 4.78 is 32.9. The summed E-state index contributed by atoms with van der Waals surface area (Å²) in [5.74, 6) is 0.0448. The zero-order valence-electron chi connectivity index (χ0n) is 22.6. The minimum absolute atomic E-state index is 0.249. The maximum Gasteiger partial charge on any atom is 0.176 e. The fraction of sp³-hybridized carbons (Fsp3) is 0.355. The van der Waals surface area contributed by atoms with Crippen LogP contribution < -0.4 is 9.47 Å². The van der Waals surface area contributed by atoms with Gasteiger partial charge in [0, 0.05) is 22.6 Å². The Morgan fingerprint density at radius 3 is 2.62 bits per heavy atom. The van der Waals surface area contributed by atoms with E-state index in [-0.39, 0.29) is 5.56 Å². The van der Waals surface area contributed by atoms with Gasteiger partial charge < -0.3 is 14.6 Å². The van der Waals surface area contributed by atoms with E-state index >= 15 is 4.39 Å². The third-order valence-electron chi connectivity index (χ3n) is 7.58. The Balaban J connectivity index is 1.47. The van der Waals surface area contributed by atoms with E-state index in [2.05, 4.69) is 18.7 Å². The Hall–Kier alpha value is -3.04. The van der Waals surface area contributed by atoms with Crippen molar-refractivity contribution in [1.29, 1.82) is 0 Å². The molecule has 0 radical (unpaired) electrons. The van der Waals surface area contributed by atoms with Crippen molar-refractivity contribution < 1.29 is 28.2 Å². The Bertz CT molecular complexity index is 1350. The van der Waals surface area contributed by atoms with E-state index in [1.165, 1.54) is 26.0 Å². The van der Waals surface area contributed by atoms with E-state index in [0.29, 0.717) is 30.0 Å². The predicted molar refractivity (Wildman–Crippen MR) is 151 cm³/mol. The van der Waals surface area contributed by atoms with Crippen molar-refractivity contribution >= 4 is 23.2 Å². The highest BCUT2D eigenvalue weighted by atomic mass is 32.2. The Labute approximate surface area is 233 Å². The number of hydrogen-bond donors (Lipinski definition) is 1. The van der Waals surface area contributed by atoms with Crippen LogP contribution >= 0.6 is 12.0 Å². The molecule has 1 N–H and O–H groups in total. The number of likely N-dealkylation sites (tertiary alicyclic amines) is 1. The number of benzene rings is 3. The van der Waals surface area contributed by atoms with E-state index in [9.17, 15) is 5.11 Å². The lowest BCUT2D eigenvalue weighted by Crippen LogP contribution is -2.39. The number of ether oxygens (including phenoxy) is 2. The summed E-state index contributed by atoms with van der Waals surface area (Å²) in [7, 11) is 1.44. The Kier molecular flexibility index (Phi) is 8.47. The molecule has 2 aliphatic heterocycles. The van der Waals surface area contributed by atoms with Crippen molar-refractivity contribution in [2.24, 2.45) is 0 Å². The first-order chi connectivity index (χ1) is 18.9. The first-order valence-corrected chi connectivity index (χ1v) is 14.0. The smallest absolute Gasteiger partial charge is 0.176 e. The molecule has 0 saturated carbocycles. The summed E-state index contributed by atoms with van der Waals surface area (Å²) in [6.45, 7) is 8.08. The van der Waals surface area contributed by atoms with E-state index in [1.807, 2.05) is 55.5 Å². The van der Waals surface area contributed by atoms with Crippen LogP contribution in [0.3, 0.4) is 0 Å². The average Bonchev–Trinajstić information content (AvgIpc) is 3.38. The molecule has 39 heavy (non-hydrogen) atoms. The lowest BCUT2D eigenvalue weighted by Gasteiger charge is -2.32. The topological polar surface area (TPSA) is 60.4 Å². The molecule has 5 rings (SSSR count). The van der Waals surface area contributed by atoms with Crippen LogP contribution in [0.1, 0.15) is 56.4 Å². The normalized spacial score (nSPS) is 20.0. The van der Waals surface area contributed by atoms with Gasteiger partial charge in [0.05, 0.1) is 24.7 Å². The van der Waals surface area contributed by atoms with Crippen LogP contribution in [0.25, 0.3) is 11.1 Å². The molecule has 0 amide bonds. The number of phenols is 1. The molecule has 6 nitrogen and oxygen atoms in total. The maximum absolute atomic E-state index is 15.2. The summed E-state index contributed by atoms with van der Waals surface area (Å²) in [6.07, 6.45) is 1.95. The molecule has 2 aliphatic rings. The molecule has 0 bridgehead atoms. The molecule has 1 fully saturated rings. The van der Waals surface area contributed by atoms with Crippen LogP contribution in [0, 0.1) is 5.82 Å². The molecule has 0 spiro atoms. The molecule has 3 aromatic rings. The molecule has 3 unspecified atom stereocenters. The Morgan fingerprint density at radius 2 is 1.90 bits per heavy atom. The summed E-state index contributed by atoms with van der Waals surface area (Å²) in [4.78, 5) is 8.10. The lowest BCUT2D eigenvalue weighted by atomic mass is 9.86. The minimum atomic E-state index is -0.704. The number of phenolic OH excluding ortho intramolecular Hbond substituents is 1. The number of allylic oxidation sites excluding steroid dienone is 1. The van der Waals surface area contributed by atoms with Crippen molar-refractivity contribution in [2.45, 2.75) is 56.7 Å². The molecule has 3 atom stereocenters. The summed E-state index contributed by atoms with van der Waals surface area (Å²) >= 11 is 1.07. The van der Waals surface area contributed by atoms with Gasteiger partial charge in [-0.3, -0.25) is 4.90 Å². The highest BCUT2D eigenvalue weighted by Crippen LogP contribution is 2.50. The SMILES string of the molecule is COOSc1ccccc1C1=C(C)c2c(ccc(O)c2F)OC1c1ccc(OCC(C)N2CCCC2C)cc1. The van der Waals surface area contributed by atoms with E-state index in [1.54, 1.807) is 6.07 Å². The van der Waals surface area contributed by atoms with Gasteiger partial charge >= 0.3 is 0 Å². The number of aromatic hydroxyl groups is 1. The third-order valence-corrected chi connectivity index (χ3v) is 8.32. The quantitative estimate of drug-likeness (QED) is 0.169. The zero-order valence-corrected chi connectivity index (χ0v) is 23.5. The average molecular weight is 552 g/mol. The van der Waals surface area contributed by atoms with Crippen LogP contribution in [0.5, 0.6) is 17.2 Å². The highest BCUT2D eigenvalue weighted by Gasteiger charge is 2.33. The van der Waals surface area contributed by atoms with Crippen molar-refractivity contribution in [3.8, 4) is 17.2 Å². The summed E-state index contributed by atoms with van der Waals surface area (Å²) in [5, 5.41) is 10.1. The van der Waals surface area contributed by atoms with Crippen LogP contribution in [-0.2, 0) is 9.22 Å². The van der Waals surface area contributed by atoms with Crippen LogP contribution in [-0.4, -0.2) is 42.4 Å². The molecule has 8 heteroatoms. The van der Waals surface area contributed by atoms with Crippen LogP contribution in [0.2, 0.25) is 0 Å². The fourth-order valence-electron chi connectivity index (χ4n) is 5.58. The maximum atomic E-state index is 15.2. The molecule has 0 aromatic heterocycles. The Morgan fingerprint density at radius 1 is 1.13 bits per heavy atom. The van der Waals surface area contributed by atoms with Gasteiger partial charge in [-0.05, 0) is 87.2 Å². The second-order valence-electron chi connectivity index (χ2n) is 10.1.